The Kier molecular flexibility index (Phi) is 6.31. The topological polar surface area (TPSA) is 76.4 Å². The normalized spacial score (nSPS) is 12.0. The van der Waals surface area contributed by atoms with Crippen LogP contribution in [-0.4, -0.2) is 40.0 Å². The van der Waals surface area contributed by atoms with Gasteiger partial charge >= 0.3 is 0 Å². The number of hydrogen-bond acceptors (Lipinski definition) is 4. The molecule has 7 heteroatoms. The minimum absolute atomic E-state index is 0.0215. The number of rotatable bonds is 8. The second kappa shape index (κ2) is 8.44. The molecule has 0 fully saturated rings. The number of halogens is 1. The lowest BCUT2D eigenvalue weighted by atomic mass is 10.1. The summed E-state index contributed by atoms with van der Waals surface area (Å²) in [5, 5.41) is 16.7. The largest absolute Gasteiger partial charge is 0.491 e. The minimum atomic E-state index is -0.834. The molecule has 130 valence electrons. The van der Waals surface area contributed by atoms with Gasteiger partial charge in [-0.15, -0.1) is 0 Å². The number of aryl methyl sites for hydroxylation is 3. The highest BCUT2D eigenvalue weighted by Gasteiger charge is 2.10. The van der Waals surface area contributed by atoms with Crippen molar-refractivity contribution >= 4 is 5.91 Å². The van der Waals surface area contributed by atoms with E-state index in [-0.39, 0.29) is 24.9 Å². The molecule has 1 aromatic carbocycles. The Labute approximate surface area is 140 Å². The molecule has 2 aromatic rings. The van der Waals surface area contributed by atoms with E-state index in [2.05, 4.69) is 10.4 Å². The molecule has 1 heterocycles. The summed E-state index contributed by atoms with van der Waals surface area (Å²) in [6.45, 7) is 2.03. The predicted octanol–water partition coefficient (Wildman–Crippen LogP) is 1.36. The lowest BCUT2D eigenvalue weighted by Gasteiger charge is -2.13. The highest BCUT2D eigenvalue weighted by atomic mass is 19.1. The fourth-order valence-corrected chi connectivity index (χ4v) is 2.24. The summed E-state index contributed by atoms with van der Waals surface area (Å²) >= 11 is 0. The Morgan fingerprint density at radius 1 is 1.42 bits per heavy atom. The SMILES string of the molecule is Cc1nn(C)cc1CCC(=O)NCC(O)COc1ccc(F)cc1. The molecule has 2 N–H and O–H groups in total. The molecule has 0 bridgehead atoms. The van der Waals surface area contributed by atoms with Crippen molar-refractivity contribution in [2.45, 2.75) is 25.9 Å². The van der Waals surface area contributed by atoms with Crippen LogP contribution < -0.4 is 10.1 Å². The summed E-state index contributed by atoms with van der Waals surface area (Å²) in [6, 6.07) is 5.53. The Morgan fingerprint density at radius 3 is 2.75 bits per heavy atom. The first-order chi connectivity index (χ1) is 11.4. The van der Waals surface area contributed by atoms with Crippen LogP contribution in [0.1, 0.15) is 17.7 Å². The summed E-state index contributed by atoms with van der Waals surface area (Å²) in [5.41, 5.74) is 1.95. The fraction of sp³-hybridized carbons (Fsp3) is 0.412. The Morgan fingerprint density at radius 2 is 2.12 bits per heavy atom. The fourth-order valence-electron chi connectivity index (χ4n) is 2.24. The number of ether oxygens (including phenoxy) is 1. The van der Waals surface area contributed by atoms with E-state index in [1.54, 1.807) is 4.68 Å². The summed E-state index contributed by atoms with van der Waals surface area (Å²) < 4.78 is 19.8. The maximum atomic E-state index is 12.8. The van der Waals surface area contributed by atoms with E-state index >= 15 is 0 Å². The average molecular weight is 335 g/mol. The van der Waals surface area contributed by atoms with Crippen LogP contribution in [0.25, 0.3) is 0 Å². The second-order valence-electron chi connectivity index (χ2n) is 5.64. The van der Waals surface area contributed by atoms with Crippen LogP contribution in [0.15, 0.2) is 30.5 Å². The van der Waals surface area contributed by atoms with Gasteiger partial charge < -0.3 is 15.2 Å². The van der Waals surface area contributed by atoms with Crippen LogP contribution in [0.5, 0.6) is 5.75 Å². The third kappa shape index (κ3) is 5.66. The second-order valence-corrected chi connectivity index (χ2v) is 5.64. The van der Waals surface area contributed by atoms with Gasteiger partial charge in [0.05, 0.1) is 5.69 Å². The molecule has 0 aliphatic carbocycles. The van der Waals surface area contributed by atoms with E-state index < -0.39 is 6.10 Å². The van der Waals surface area contributed by atoms with Gasteiger partial charge in [-0.05, 0) is 43.2 Å². The van der Waals surface area contributed by atoms with Crippen molar-refractivity contribution in [2.75, 3.05) is 13.2 Å². The lowest BCUT2D eigenvalue weighted by Crippen LogP contribution is -2.35. The molecule has 0 spiro atoms. The van der Waals surface area contributed by atoms with Crippen molar-refractivity contribution in [3.8, 4) is 5.75 Å². The van der Waals surface area contributed by atoms with Crippen LogP contribution in [0.3, 0.4) is 0 Å². The van der Waals surface area contributed by atoms with Gasteiger partial charge in [-0.1, -0.05) is 0 Å². The first-order valence-corrected chi connectivity index (χ1v) is 7.76. The van der Waals surface area contributed by atoms with Gasteiger partial charge in [-0.3, -0.25) is 9.48 Å². The molecular formula is C17H22FN3O3. The summed E-state index contributed by atoms with van der Waals surface area (Å²) in [7, 11) is 1.84. The number of aliphatic hydroxyl groups is 1. The zero-order valence-corrected chi connectivity index (χ0v) is 13.8. The summed E-state index contributed by atoms with van der Waals surface area (Å²) in [5.74, 6) is -0.0214. The molecule has 6 nitrogen and oxygen atoms in total. The third-order valence-electron chi connectivity index (χ3n) is 3.53. The van der Waals surface area contributed by atoms with Gasteiger partial charge in [-0.2, -0.15) is 5.10 Å². The van der Waals surface area contributed by atoms with Crippen molar-refractivity contribution in [1.82, 2.24) is 15.1 Å². The summed E-state index contributed by atoms with van der Waals surface area (Å²) in [6.07, 6.45) is 2.00. The first kappa shape index (κ1) is 17.9. The van der Waals surface area contributed by atoms with Gasteiger partial charge in [0.1, 0.15) is 24.3 Å². The standard InChI is InChI=1S/C17H22FN3O3/c1-12-13(10-21(2)20-12)3-8-17(23)19-9-15(22)11-24-16-6-4-14(18)5-7-16/h4-7,10,15,22H,3,8-9,11H2,1-2H3,(H,19,23). The molecule has 0 saturated heterocycles. The van der Waals surface area contributed by atoms with Crippen molar-refractivity contribution in [1.29, 1.82) is 0 Å². The molecular weight excluding hydrogens is 313 g/mol. The molecule has 2 rings (SSSR count). The highest BCUT2D eigenvalue weighted by Crippen LogP contribution is 2.11. The van der Waals surface area contributed by atoms with Crippen molar-refractivity contribution < 1.29 is 19.0 Å². The molecule has 0 aliphatic rings. The van der Waals surface area contributed by atoms with Crippen LogP contribution >= 0.6 is 0 Å². The van der Waals surface area contributed by atoms with Gasteiger partial charge in [0, 0.05) is 26.2 Å². The predicted molar refractivity (Wildman–Crippen MR) is 87.2 cm³/mol. The van der Waals surface area contributed by atoms with E-state index in [1.807, 2.05) is 20.2 Å². The molecule has 0 radical (unpaired) electrons. The summed E-state index contributed by atoms with van der Waals surface area (Å²) in [4.78, 5) is 11.8. The molecule has 0 saturated carbocycles. The maximum Gasteiger partial charge on any atom is 0.220 e. The Hall–Kier alpha value is -2.41. The van der Waals surface area contributed by atoms with Crippen molar-refractivity contribution in [2.24, 2.45) is 7.05 Å². The number of aliphatic hydroxyl groups excluding tert-OH is 1. The van der Waals surface area contributed by atoms with Gasteiger partial charge in [0.25, 0.3) is 0 Å². The van der Waals surface area contributed by atoms with Gasteiger partial charge in [-0.25, -0.2) is 4.39 Å². The number of nitrogens with one attached hydrogen (secondary N) is 1. The molecule has 1 amide bonds. The van der Waals surface area contributed by atoms with Crippen LogP contribution in [-0.2, 0) is 18.3 Å². The third-order valence-corrected chi connectivity index (χ3v) is 3.53. The molecule has 1 atom stereocenters. The van der Waals surface area contributed by atoms with E-state index in [0.717, 1.165) is 11.3 Å². The minimum Gasteiger partial charge on any atom is -0.491 e. The molecule has 24 heavy (non-hydrogen) atoms. The average Bonchev–Trinajstić information content (AvgIpc) is 2.88. The lowest BCUT2D eigenvalue weighted by molar-refractivity contribution is -0.121. The molecule has 1 unspecified atom stereocenters. The van der Waals surface area contributed by atoms with Gasteiger partial charge in [0.2, 0.25) is 5.91 Å². The number of nitrogens with zero attached hydrogens (tertiary/aromatic N) is 2. The zero-order chi connectivity index (χ0) is 17.5. The zero-order valence-electron chi connectivity index (χ0n) is 13.8. The number of amides is 1. The van der Waals surface area contributed by atoms with E-state index in [9.17, 15) is 14.3 Å². The van der Waals surface area contributed by atoms with Crippen molar-refractivity contribution in [3.63, 3.8) is 0 Å². The van der Waals surface area contributed by atoms with E-state index in [1.165, 1.54) is 24.3 Å². The first-order valence-electron chi connectivity index (χ1n) is 7.76. The number of carbonyl (C=O) groups excluding carboxylic acids is 1. The van der Waals surface area contributed by atoms with E-state index in [0.29, 0.717) is 18.6 Å². The monoisotopic (exact) mass is 335 g/mol. The van der Waals surface area contributed by atoms with Crippen LogP contribution in [0.2, 0.25) is 0 Å². The number of hydrogen-bond donors (Lipinski definition) is 2. The molecule has 1 aromatic heterocycles. The number of aromatic nitrogens is 2. The van der Waals surface area contributed by atoms with Crippen LogP contribution in [0.4, 0.5) is 4.39 Å². The molecule has 0 aliphatic heterocycles. The quantitative estimate of drug-likeness (QED) is 0.764. The highest BCUT2D eigenvalue weighted by molar-refractivity contribution is 5.76. The maximum absolute atomic E-state index is 12.8. The number of benzene rings is 1. The smallest absolute Gasteiger partial charge is 0.220 e. The van der Waals surface area contributed by atoms with Crippen LogP contribution in [0, 0.1) is 12.7 Å². The van der Waals surface area contributed by atoms with Crippen molar-refractivity contribution in [3.05, 3.63) is 47.5 Å². The Balaban J connectivity index is 1.65. The number of carbonyl (C=O) groups is 1. The van der Waals surface area contributed by atoms with E-state index in [4.69, 9.17) is 4.74 Å². The Bertz CT molecular complexity index is 670. The van der Waals surface area contributed by atoms with Gasteiger partial charge in [0.15, 0.2) is 0 Å².